The van der Waals surface area contributed by atoms with Gasteiger partial charge in [-0.3, -0.25) is 9.98 Å². The molecule has 2 aromatic rings. The van der Waals surface area contributed by atoms with Crippen LogP contribution in [0.4, 0.5) is 0 Å². The molecule has 2 aliphatic rings. The minimum atomic E-state index is 0. The number of hydrogen-bond donors (Lipinski definition) is 0. The van der Waals surface area contributed by atoms with Crippen molar-refractivity contribution in [1.82, 2.24) is 9.97 Å². The van der Waals surface area contributed by atoms with Crippen molar-refractivity contribution in [2.45, 2.75) is 107 Å². The van der Waals surface area contributed by atoms with E-state index in [4.69, 9.17) is 9.98 Å². The minimum Gasteiger partial charge on any atom is -0.664 e. The van der Waals surface area contributed by atoms with Crippen LogP contribution in [0.5, 0.6) is 0 Å². The predicted molar refractivity (Wildman–Crippen MR) is 163 cm³/mol. The molecule has 0 aliphatic carbocycles. The van der Waals surface area contributed by atoms with Crippen LogP contribution in [-0.2, 0) is 32.3 Å². The van der Waals surface area contributed by atoms with E-state index in [1.165, 1.54) is 81.6 Å². The van der Waals surface area contributed by atoms with Gasteiger partial charge in [-0.2, -0.15) is 11.9 Å². The van der Waals surface area contributed by atoms with Crippen LogP contribution in [0.25, 0.3) is 12.2 Å². The first kappa shape index (κ1) is 31.0. The molecule has 0 bridgehead atoms. The van der Waals surface area contributed by atoms with E-state index in [0.29, 0.717) is 0 Å². The Balaban J connectivity index is 0.00000420. The molecule has 0 aromatic carbocycles. The summed E-state index contributed by atoms with van der Waals surface area (Å²) >= 11 is 0. The zero-order valence-electron chi connectivity index (χ0n) is 25.5. The molecule has 39 heavy (non-hydrogen) atoms. The summed E-state index contributed by atoms with van der Waals surface area (Å²) in [7, 11) is 0. The van der Waals surface area contributed by atoms with Crippen LogP contribution in [0.1, 0.15) is 112 Å². The molecule has 202 valence electrons. The largest absolute Gasteiger partial charge is 2.00 e. The standard InChI is InChI=1S/C34H44N4.Zn/c1-9-27-21(3)19-35-33(27)17-31-23(5)29(25(7)37-31)15-13-11-12-14-16-30-24(6)32(38-26(30)8)18-34-28(10-2)22(4)20-36-34;/h17-20H,9-16H2,1-8H3;/q-2;+2/b31-17-,34-18+;. The van der Waals surface area contributed by atoms with Crippen molar-refractivity contribution >= 4 is 24.1 Å². The Bertz CT molecular complexity index is 1380. The third kappa shape index (κ3) is 6.80. The number of aliphatic imine (C=N–C) groups is 2. The summed E-state index contributed by atoms with van der Waals surface area (Å²) < 4.78 is 0. The van der Waals surface area contributed by atoms with Crippen LogP contribution in [0.15, 0.2) is 49.9 Å². The van der Waals surface area contributed by atoms with E-state index in [1.807, 2.05) is 12.4 Å². The Hall–Kier alpha value is -2.52. The van der Waals surface area contributed by atoms with Crippen molar-refractivity contribution in [3.05, 3.63) is 79.2 Å². The zero-order chi connectivity index (χ0) is 27.4. The molecule has 0 fully saturated rings. The SMILES string of the molecule is CCC1=C(C)C=N/C1=C/c1[n-]c(C)c(CCCCCCC2=C(C)/C(=C/c3[n-]cc(C)c3CC)N=C2C)c1C.[Zn+2]. The molecule has 2 aliphatic heterocycles. The smallest absolute Gasteiger partial charge is 0.664 e. The second kappa shape index (κ2) is 13.7. The number of hydrogen-bond acceptors (Lipinski definition) is 2. The van der Waals surface area contributed by atoms with Crippen LogP contribution in [0, 0.1) is 20.8 Å². The molecule has 0 atom stereocenters. The van der Waals surface area contributed by atoms with E-state index >= 15 is 0 Å². The summed E-state index contributed by atoms with van der Waals surface area (Å²) in [5.41, 5.74) is 17.4. The van der Waals surface area contributed by atoms with Crippen molar-refractivity contribution in [3.63, 3.8) is 0 Å². The molecule has 0 saturated heterocycles. The Morgan fingerprint density at radius 2 is 1.46 bits per heavy atom. The average molecular weight is 574 g/mol. The van der Waals surface area contributed by atoms with Crippen LogP contribution in [-0.4, -0.2) is 11.9 Å². The Morgan fingerprint density at radius 1 is 0.769 bits per heavy atom. The minimum absolute atomic E-state index is 0. The van der Waals surface area contributed by atoms with Crippen molar-refractivity contribution < 1.29 is 19.5 Å². The monoisotopic (exact) mass is 572 g/mol. The van der Waals surface area contributed by atoms with Gasteiger partial charge in [0.1, 0.15) is 0 Å². The molecule has 0 unspecified atom stereocenters. The zero-order valence-corrected chi connectivity index (χ0v) is 28.4. The van der Waals surface area contributed by atoms with Gasteiger partial charge in [-0.25, -0.2) is 0 Å². The van der Waals surface area contributed by atoms with E-state index in [0.717, 1.165) is 48.5 Å². The number of aromatic nitrogens is 2. The molecule has 0 radical (unpaired) electrons. The van der Waals surface area contributed by atoms with E-state index < -0.39 is 0 Å². The summed E-state index contributed by atoms with van der Waals surface area (Å²) in [4.78, 5) is 19.0. The van der Waals surface area contributed by atoms with Crippen LogP contribution >= 0.6 is 0 Å². The van der Waals surface area contributed by atoms with Crippen molar-refractivity contribution in [2.75, 3.05) is 0 Å². The van der Waals surface area contributed by atoms with Gasteiger partial charge in [-0.1, -0.05) is 68.0 Å². The van der Waals surface area contributed by atoms with E-state index in [9.17, 15) is 0 Å². The number of unbranched alkanes of at least 4 members (excludes halogenated alkanes) is 3. The second-order valence-electron chi connectivity index (χ2n) is 10.9. The van der Waals surface area contributed by atoms with Gasteiger partial charge in [0.15, 0.2) is 0 Å². The fourth-order valence-corrected chi connectivity index (χ4v) is 5.97. The number of aryl methyl sites for hydroxylation is 2. The molecule has 0 amide bonds. The third-order valence-electron chi connectivity index (χ3n) is 8.35. The molecule has 4 heterocycles. The quantitative estimate of drug-likeness (QED) is 0.200. The molecule has 5 heteroatoms. The molecule has 0 saturated carbocycles. The van der Waals surface area contributed by atoms with Gasteiger partial charge in [-0.15, -0.1) is 11.4 Å². The number of allylic oxidation sites excluding steroid dienone is 4. The molecule has 0 spiro atoms. The molecule has 4 nitrogen and oxygen atoms in total. The normalized spacial score (nSPS) is 17.3. The molecule has 0 N–H and O–H groups in total. The van der Waals surface area contributed by atoms with Crippen LogP contribution < -0.4 is 9.97 Å². The summed E-state index contributed by atoms with van der Waals surface area (Å²) in [6, 6.07) is 0. The Labute approximate surface area is 248 Å². The topological polar surface area (TPSA) is 52.9 Å². The van der Waals surface area contributed by atoms with Gasteiger partial charge in [-0.05, 0) is 95.4 Å². The molecular formula is C34H44N4Zn. The first-order chi connectivity index (χ1) is 18.2. The maximum absolute atomic E-state index is 4.90. The predicted octanol–water partition coefficient (Wildman–Crippen LogP) is 8.56. The summed E-state index contributed by atoms with van der Waals surface area (Å²) in [6.07, 6.45) is 17.4. The fourth-order valence-electron chi connectivity index (χ4n) is 5.97. The van der Waals surface area contributed by atoms with Gasteiger partial charge in [0.05, 0.1) is 11.4 Å². The maximum atomic E-state index is 4.90. The van der Waals surface area contributed by atoms with Crippen molar-refractivity contribution in [2.24, 2.45) is 9.98 Å². The first-order valence-electron chi connectivity index (χ1n) is 14.4. The second-order valence-corrected chi connectivity index (χ2v) is 10.9. The summed E-state index contributed by atoms with van der Waals surface area (Å²) in [6.45, 7) is 17.4. The number of nitrogens with zero attached hydrogens (tertiary/aromatic N) is 4. The van der Waals surface area contributed by atoms with Crippen LogP contribution in [0.2, 0.25) is 0 Å². The maximum Gasteiger partial charge on any atom is 2.00 e. The van der Waals surface area contributed by atoms with Crippen LogP contribution in [0.3, 0.4) is 0 Å². The summed E-state index contributed by atoms with van der Waals surface area (Å²) in [5, 5.41) is 0. The summed E-state index contributed by atoms with van der Waals surface area (Å²) in [5.74, 6) is 0. The first-order valence-corrected chi connectivity index (χ1v) is 14.4. The fraction of sp³-hybridized carbons (Fsp3) is 0.471. The third-order valence-corrected chi connectivity index (χ3v) is 8.35. The van der Waals surface area contributed by atoms with Gasteiger partial charge < -0.3 is 9.97 Å². The van der Waals surface area contributed by atoms with Gasteiger partial charge in [0.25, 0.3) is 0 Å². The van der Waals surface area contributed by atoms with Crippen molar-refractivity contribution in [1.29, 1.82) is 0 Å². The van der Waals surface area contributed by atoms with E-state index in [-0.39, 0.29) is 19.5 Å². The van der Waals surface area contributed by atoms with Gasteiger partial charge >= 0.3 is 19.5 Å². The Morgan fingerprint density at radius 3 is 2.15 bits per heavy atom. The average Bonchev–Trinajstić information content (AvgIpc) is 3.58. The van der Waals surface area contributed by atoms with Gasteiger partial charge in [0.2, 0.25) is 0 Å². The number of rotatable bonds is 11. The molecular weight excluding hydrogens is 530 g/mol. The van der Waals surface area contributed by atoms with E-state index in [1.54, 1.807) is 0 Å². The van der Waals surface area contributed by atoms with Gasteiger partial charge in [0, 0.05) is 11.9 Å². The van der Waals surface area contributed by atoms with E-state index in [2.05, 4.69) is 77.5 Å². The molecule has 4 rings (SSSR count). The Kier molecular flexibility index (Phi) is 10.9. The van der Waals surface area contributed by atoms with Crippen molar-refractivity contribution in [3.8, 4) is 0 Å². The molecule has 2 aromatic heterocycles.